The fraction of sp³-hybridized carbons (Fsp3) is 1.00. The molecule has 0 radical (unpaired) electrons. The van der Waals surface area contributed by atoms with E-state index in [1.54, 1.807) is 0 Å². The van der Waals surface area contributed by atoms with E-state index in [-0.39, 0.29) is 0 Å². The lowest BCUT2D eigenvalue weighted by Crippen LogP contribution is -1.97. The summed E-state index contributed by atoms with van der Waals surface area (Å²) in [5.41, 5.74) is 5.39. The van der Waals surface area contributed by atoms with Crippen LogP contribution in [0.25, 0.3) is 0 Å². The van der Waals surface area contributed by atoms with Crippen molar-refractivity contribution in [1.29, 1.82) is 0 Å². The lowest BCUT2D eigenvalue weighted by molar-refractivity contribution is 0.498. The number of rotatable bonds is 10. The van der Waals surface area contributed by atoms with Crippen LogP contribution in [0.15, 0.2) is 0 Å². The van der Waals surface area contributed by atoms with Gasteiger partial charge in [0, 0.05) is 6.16 Å². The van der Waals surface area contributed by atoms with Crippen LogP contribution in [0.1, 0.15) is 51.4 Å². The lowest BCUT2D eigenvalue weighted by Gasteiger charge is -2.00. The normalized spacial score (nSPS) is 13.0. The molecule has 0 heterocycles. The van der Waals surface area contributed by atoms with E-state index in [0.29, 0.717) is 6.16 Å². The average Bonchev–Trinajstić information content (AvgIpc) is 2.15. The fourth-order valence-corrected chi connectivity index (χ4v) is 2.03. The molecule has 0 aliphatic carbocycles. The highest BCUT2D eigenvalue weighted by atomic mass is 31.1. The van der Waals surface area contributed by atoms with Crippen LogP contribution in [0, 0.1) is 0 Å². The van der Waals surface area contributed by atoms with Crippen LogP contribution < -0.4 is 5.73 Å². The van der Waals surface area contributed by atoms with Crippen LogP contribution in [-0.4, -0.2) is 17.6 Å². The van der Waals surface area contributed by atoms with Gasteiger partial charge in [0.15, 0.2) is 8.03 Å². The van der Waals surface area contributed by atoms with E-state index < -0.39 is 8.03 Å². The third-order valence-electron chi connectivity index (χ3n) is 2.34. The van der Waals surface area contributed by atoms with Gasteiger partial charge in [-0.3, -0.25) is 4.57 Å². The molecule has 1 atom stereocenters. The Morgan fingerprint density at radius 3 is 1.71 bits per heavy atom. The van der Waals surface area contributed by atoms with Crippen molar-refractivity contribution < 1.29 is 9.46 Å². The largest absolute Gasteiger partial charge is 0.346 e. The van der Waals surface area contributed by atoms with E-state index in [1.165, 1.54) is 32.1 Å². The van der Waals surface area contributed by atoms with Gasteiger partial charge >= 0.3 is 0 Å². The fourth-order valence-electron chi connectivity index (χ4n) is 1.48. The van der Waals surface area contributed by atoms with Crippen molar-refractivity contribution in [3.05, 3.63) is 0 Å². The summed E-state index contributed by atoms with van der Waals surface area (Å²) in [7, 11) is -2.20. The summed E-state index contributed by atoms with van der Waals surface area (Å²) in [6.45, 7) is 0.810. The first-order valence-corrected chi connectivity index (χ1v) is 7.25. The molecular formula is C10H24NO2P. The Kier molecular flexibility index (Phi) is 11.3. The first-order valence-electron chi connectivity index (χ1n) is 5.69. The Hall–Kier alpha value is 0.150. The molecule has 3 N–H and O–H groups in total. The third-order valence-corrected chi connectivity index (χ3v) is 3.13. The molecule has 14 heavy (non-hydrogen) atoms. The van der Waals surface area contributed by atoms with E-state index in [9.17, 15) is 4.57 Å². The van der Waals surface area contributed by atoms with Crippen LogP contribution in [-0.2, 0) is 4.57 Å². The molecule has 0 bridgehead atoms. The highest BCUT2D eigenvalue weighted by molar-refractivity contribution is 7.37. The molecule has 0 amide bonds. The molecule has 0 aromatic heterocycles. The second kappa shape index (κ2) is 11.2. The Morgan fingerprint density at radius 1 is 0.857 bits per heavy atom. The van der Waals surface area contributed by atoms with Crippen molar-refractivity contribution in [1.82, 2.24) is 0 Å². The monoisotopic (exact) mass is 221 g/mol. The molecule has 0 aliphatic rings. The van der Waals surface area contributed by atoms with Crippen molar-refractivity contribution in [2.75, 3.05) is 12.7 Å². The van der Waals surface area contributed by atoms with E-state index in [4.69, 9.17) is 10.6 Å². The molecule has 0 spiro atoms. The van der Waals surface area contributed by atoms with Gasteiger partial charge in [0.05, 0.1) is 0 Å². The molecule has 86 valence electrons. The molecule has 1 unspecified atom stereocenters. The summed E-state index contributed by atoms with van der Waals surface area (Å²) in [4.78, 5) is 8.59. The predicted octanol–water partition coefficient (Wildman–Crippen LogP) is 2.53. The van der Waals surface area contributed by atoms with Crippen molar-refractivity contribution in [3.63, 3.8) is 0 Å². The maximum Gasteiger partial charge on any atom is 0.189 e. The average molecular weight is 221 g/mol. The van der Waals surface area contributed by atoms with Crippen molar-refractivity contribution in [2.24, 2.45) is 5.73 Å². The second-order valence-electron chi connectivity index (χ2n) is 3.76. The minimum atomic E-state index is -2.20. The lowest BCUT2D eigenvalue weighted by atomic mass is 10.1. The van der Waals surface area contributed by atoms with Crippen LogP contribution in [0.4, 0.5) is 0 Å². The smallest absolute Gasteiger partial charge is 0.189 e. The molecule has 0 saturated heterocycles. The Balaban J connectivity index is 2.88. The summed E-state index contributed by atoms with van der Waals surface area (Å²) in [6.07, 6.45) is 9.97. The zero-order valence-corrected chi connectivity index (χ0v) is 10.0. The van der Waals surface area contributed by atoms with Gasteiger partial charge < -0.3 is 10.6 Å². The third kappa shape index (κ3) is 12.2. The first kappa shape index (κ1) is 14.2. The van der Waals surface area contributed by atoms with Gasteiger partial charge in [0.1, 0.15) is 0 Å². The summed E-state index contributed by atoms with van der Waals surface area (Å²) in [5.74, 6) is 0. The number of unbranched alkanes of at least 4 members (excludes halogenated alkanes) is 7. The molecule has 0 aromatic rings. The van der Waals surface area contributed by atoms with Gasteiger partial charge in [-0.05, 0) is 19.4 Å². The quantitative estimate of drug-likeness (QED) is 0.440. The summed E-state index contributed by atoms with van der Waals surface area (Å²) < 4.78 is 10.4. The van der Waals surface area contributed by atoms with Crippen molar-refractivity contribution >= 4 is 8.03 Å². The maximum atomic E-state index is 10.4. The summed E-state index contributed by atoms with van der Waals surface area (Å²) in [6, 6.07) is 0. The van der Waals surface area contributed by atoms with E-state index >= 15 is 0 Å². The van der Waals surface area contributed by atoms with Gasteiger partial charge in [0.2, 0.25) is 0 Å². The molecule has 0 saturated carbocycles. The van der Waals surface area contributed by atoms with E-state index in [1.807, 2.05) is 0 Å². The van der Waals surface area contributed by atoms with Crippen molar-refractivity contribution in [2.45, 2.75) is 51.4 Å². The molecule has 0 rings (SSSR count). The zero-order chi connectivity index (χ0) is 10.6. The number of hydrogen-bond acceptors (Lipinski definition) is 2. The van der Waals surface area contributed by atoms with E-state index in [0.717, 1.165) is 25.8 Å². The minimum absolute atomic E-state index is 0.512. The van der Waals surface area contributed by atoms with Gasteiger partial charge in [-0.1, -0.05) is 38.5 Å². The number of hydrogen-bond donors (Lipinski definition) is 2. The zero-order valence-electron chi connectivity index (χ0n) is 9.00. The van der Waals surface area contributed by atoms with Gasteiger partial charge in [-0.2, -0.15) is 0 Å². The van der Waals surface area contributed by atoms with Crippen molar-refractivity contribution in [3.8, 4) is 0 Å². The van der Waals surface area contributed by atoms with Crippen LogP contribution in [0.5, 0.6) is 0 Å². The standard InChI is InChI=1S/C10H24NO2P/c11-9-7-5-3-1-2-4-6-8-10-14(12)13/h14H,1-11H2,(H,12,13). The maximum absolute atomic E-state index is 10.4. The molecule has 0 aromatic carbocycles. The summed E-state index contributed by atoms with van der Waals surface area (Å²) >= 11 is 0. The minimum Gasteiger partial charge on any atom is -0.346 e. The molecule has 3 nitrogen and oxygen atoms in total. The molecule has 4 heteroatoms. The Labute approximate surface area is 87.9 Å². The summed E-state index contributed by atoms with van der Waals surface area (Å²) in [5, 5.41) is 0. The Bertz CT molecular complexity index is 142. The second-order valence-corrected chi connectivity index (χ2v) is 5.05. The van der Waals surface area contributed by atoms with Gasteiger partial charge in [-0.15, -0.1) is 0 Å². The highest BCUT2D eigenvalue weighted by Gasteiger charge is 1.94. The van der Waals surface area contributed by atoms with E-state index in [2.05, 4.69) is 0 Å². The SMILES string of the molecule is NCCCCCCCCCC[PH](=O)O. The first-order chi connectivity index (χ1) is 6.77. The molecule has 0 aliphatic heterocycles. The van der Waals surface area contributed by atoms with Crippen LogP contribution in [0.3, 0.4) is 0 Å². The molecular weight excluding hydrogens is 197 g/mol. The highest BCUT2D eigenvalue weighted by Crippen LogP contribution is 2.16. The predicted molar refractivity (Wildman–Crippen MR) is 62.1 cm³/mol. The number of nitrogens with two attached hydrogens (primary N) is 1. The van der Waals surface area contributed by atoms with Gasteiger partial charge in [0.25, 0.3) is 0 Å². The topological polar surface area (TPSA) is 63.3 Å². The van der Waals surface area contributed by atoms with Crippen LogP contribution >= 0.6 is 8.03 Å². The van der Waals surface area contributed by atoms with Gasteiger partial charge in [-0.25, -0.2) is 0 Å². The van der Waals surface area contributed by atoms with Crippen LogP contribution in [0.2, 0.25) is 0 Å². The Morgan fingerprint density at radius 2 is 1.29 bits per heavy atom. The molecule has 0 fully saturated rings.